The average Bonchev–Trinajstić information content (AvgIpc) is 2.81. The van der Waals surface area contributed by atoms with E-state index in [0.29, 0.717) is 0 Å². The molecule has 7 nitrogen and oxygen atoms in total. The van der Waals surface area contributed by atoms with E-state index in [4.69, 9.17) is 9.47 Å². The van der Waals surface area contributed by atoms with Gasteiger partial charge in [0.15, 0.2) is 0 Å². The van der Waals surface area contributed by atoms with Gasteiger partial charge in [0.25, 0.3) is 0 Å². The van der Waals surface area contributed by atoms with Crippen molar-refractivity contribution in [3.8, 4) is 5.75 Å². The Kier molecular flexibility index (Phi) is 17.0. The molecule has 1 aromatic carbocycles. The fourth-order valence-corrected chi connectivity index (χ4v) is 4.80. The number of ether oxygens (including phenoxy) is 2. The Morgan fingerprint density at radius 2 is 1.71 bits per heavy atom. The van der Waals surface area contributed by atoms with Gasteiger partial charge in [-0.25, -0.2) is 13.2 Å². The minimum Gasteiger partial charge on any atom is -0.748 e. The van der Waals surface area contributed by atoms with Gasteiger partial charge in [0, 0.05) is 12.3 Å². The maximum Gasteiger partial charge on any atom is 1.00 e. The molecule has 35 heavy (non-hydrogen) atoms. The van der Waals surface area contributed by atoms with Gasteiger partial charge in [0.05, 0.1) is 16.7 Å². The molecule has 1 aliphatic rings. The number of nitrogens with one attached hydrogen (secondary N) is 1. The van der Waals surface area contributed by atoms with Crippen molar-refractivity contribution in [2.24, 2.45) is 0 Å². The van der Waals surface area contributed by atoms with Crippen LogP contribution in [-0.4, -0.2) is 38.0 Å². The minimum absolute atomic E-state index is 0. The summed E-state index contributed by atoms with van der Waals surface area (Å²) in [6.07, 6.45) is 14.2. The molecule has 1 aliphatic heterocycles. The third-order valence-electron chi connectivity index (χ3n) is 6.21. The first-order valence-electron chi connectivity index (χ1n) is 13.0. The van der Waals surface area contributed by atoms with Gasteiger partial charge in [-0.05, 0) is 55.4 Å². The van der Waals surface area contributed by atoms with Crippen LogP contribution in [0.15, 0.2) is 18.2 Å². The number of fused-ring (bicyclic) bond motifs is 1. The second-order valence-electron chi connectivity index (χ2n) is 9.23. The Labute approximate surface area is 234 Å². The van der Waals surface area contributed by atoms with Crippen LogP contribution in [0, 0.1) is 0 Å². The van der Waals surface area contributed by atoms with Gasteiger partial charge in [-0.15, -0.1) is 0 Å². The summed E-state index contributed by atoms with van der Waals surface area (Å²) in [6.45, 7) is 3.05. The first kappa shape index (κ1) is 32.2. The summed E-state index contributed by atoms with van der Waals surface area (Å²) in [5.74, 6) is 0.399. The van der Waals surface area contributed by atoms with E-state index in [9.17, 15) is 17.8 Å². The second-order valence-corrected chi connectivity index (χ2v) is 10.7. The van der Waals surface area contributed by atoms with Gasteiger partial charge in [0.2, 0.25) is 0 Å². The van der Waals surface area contributed by atoms with E-state index in [-0.39, 0.29) is 48.6 Å². The van der Waals surface area contributed by atoms with Gasteiger partial charge in [-0.2, -0.15) is 0 Å². The van der Waals surface area contributed by atoms with Crippen LogP contribution in [0.25, 0.3) is 0 Å². The molecule has 194 valence electrons. The van der Waals surface area contributed by atoms with Gasteiger partial charge in [-0.1, -0.05) is 70.8 Å². The number of aryl methyl sites for hydroxylation is 1. The number of carbonyl (C=O) groups excluding carboxylic acids is 1. The smallest absolute Gasteiger partial charge is 0.748 e. The molecule has 0 saturated carbocycles. The van der Waals surface area contributed by atoms with E-state index in [2.05, 4.69) is 18.3 Å². The Morgan fingerprint density at radius 3 is 2.37 bits per heavy atom. The van der Waals surface area contributed by atoms with Crippen molar-refractivity contribution < 1.29 is 56.8 Å². The molecule has 1 N–H and O–H groups in total. The summed E-state index contributed by atoms with van der Waals surface area (Å²) < 4.78 is 43.6. The SMILES string of the molecule is CCCCCCCCCCCCC(OC(=O)NCCCS(=O)(=O)[O-])c1ccc2c(c1)CCCO2.[Na+]. The first-order chi connectivity index (χ1) is 16.4. The summed E-state index contributed by atoms with van der Waals surface area (Å²) in [6, 6.07) is 5.99. The van der Waals surface area contributed by atoms with E-state index >= 15 is 0 Å². The van der Waals surface area contributed by atoms with Crippen LogP contribution in [0.2, 0.25) is 0 Å². The van der Waals surface area contributed by atoms with Crippen LogP contribution in [-0.2, 0) is 21.3 Å². The molecule has 1 atom stereocenters. The predicted molar refractivity (Wildman–Crippen MR) is 133 cm³/mol. The van der Waals surface area contributed by atoms with Gasteiger partial charge in [-0.3, -0.25) is 0 Å². The average molecular weight is 520 g/mol. The van der Waals surface area contributed by atoms with E-state index < -0.39 is 22.0 Å². The number of rotatable bonds is 17. The van der Waals surface area contributed by atoms with Crippen molar-refractivity contribution in [2.75, 3.05) is 18.9 Å². The zero-order valence-electron chi connectivity index (χ0n) is 21.7. The largest absolute Gasteiger partial charge is 1.00 e. The van der Waals surface area contributed by atoms with Gasteiger partial charge < -0.3 is 19.3 Å². The molecule has 1 amide bonds. The van der Waals surface area contributed by atoms with Crippen molar-refractivity contribution >= 4 is 16.2 Å². The predicted octanol–water partition coefficient (Wildman–Crippen LogP) is 3.03. The topological polar surface area (TPSA) is 105 Å². The fourth-order valence-electron chi connectivity index (χ4n) is 4.30. The summed E-state index contributed by atoms with van der Waals surface area (Å²) in [5, 5.41) is 2.57. The van der Waals surface area contributed by atoms with Crippen molar-refractivity contribution in [1.82, 2.24) is 5.32 Å². The van der Waals surface area contributed by atoms with Gasteiger partial charge >= 0.3 is 35.7 Å². The number of alkyl carbamates (subject to hydrolysis) is 1. The Bertz CT molecular complexity index is 833. The Balaban J connectivity index is 0.00000612. The molecule has 1 unspecified atom stereocenters. The third kappa shape index (κ3) is 14.5. The first-order valence-corrected chi connectivity index (χ1v) is 14.6. The molecule has 9 heteroatoms. The number of hydrogen-bond acceptors (Lipinski definition) is 6. The number of carbonyl (C=O) groups is 1. The fraction of sp³-hybridized carbons (Fsp3) is 0.731. The molecule has 0 aliphatic carbocycles. The molecule has 0 spiro atoms. The zero-order chi connectivity index (χ0) is 24.7. The van der Waals surface area contributed by atoms with Crippen LogP contribution in [0.5, 0.6) is 5.75 Å². The maximum absolute atomic E-state index is 12.3. The summed E-state index contributed by atoms with van der Waals surface area (Å²) >= 11 is 0. The normalized spacial score (nSPS) is 13.8. The van der Waals surface area contributed by atoms with E-state index in [1.807, 2.05) is 12.1 Å². The molecular formula is C26H42NNaO6S. The van der Waals surface area contributed by atoms with Crippen LogP contribution < -0.4 is 39.6 Å². The maximum atomic E-state index is 12.3. The summed E-state index contributed by atoms with van der Waals surface area (Å²) in [4.78, 5) is 12.3. The molecule has 0 aromatic heterocycles. The van der Waals surface area contributed by atoms with Crippen molar-refractivity contribution in [2.45, 2.75) is 103 Å². The van der Waals surface area contributed by atoms with Gasteiger partial charge in [0.1, 0.15) is 11.9 Å². The minimum atomic E-state index is -4.28. The summed E-state index contributed by atoms with van der Waals surface area (Å²) in [7, 11) is -4.28. The van der Waals surface area contributed by atoms with Crippen LogP contribution in [0.3, 0.4) is 0 Å². The number of unbranched alkanes of at least 4 members (excludes halogenated alkanes) is 9. The molecule has 0 fully saturated rings. The van der Waals surface area contributed by atoms with Crippen LogP contribution in [0.4, 0.5) is 4.79 Å². The number of benzene rings is 1. The molecular weight excluding hydrogens is 477 g/mol. The quantitative estimate of drug-likeness (QED) is 0.193. The zero-order valence-corrected chi connectivity index (χ0v) is 24.5. The Hall–Kier alpha value is -0.800. The van der Waals surface area contributed by atoms with E-state index in [1.54, 1.807) is 0 Å². The second kappa shape index (κ2) is 18.4. The molecule has 0 radical (unpaired) electrons. The van der Waals surface area contributed by atoms with Crippen molar-refractivity contribution in [3.63, 3.8) is 0 Å². The Morgan fingerprint density at radius 1 is 1.06 bits per heavy atom. The molecule has 1 aromatic rings. The number of hydrogen-bond donors (Lipinski definition) is 1. The summed E-state index contributed by atoms with van der Waals surface area (Å²) in [5.41, 5.74) is 2.10. The monoisotopic (exact) mass is 519 g/mol. The number of amides is 1. The van der Waals surface area contributed by atoms with Crippen LogP contribution >= 0.6 is 0 Å². The third-order valence-corrected chi connectivity index (χ3v) is 7.00. The molecule has 1 heterocycles. The molecule has 2 rings (SSSR count). The van der Waals surface area contributed by atoms with Crippen molar-refractivity contribution in [1.29, 1.82) is 0 Å². The molecule has 0 bridgehead atoms. The van der Waals surface area contributed by atoms with E-state index in [0.717, 1.165) is 55.6 Å². The standard InChI is InChI=1S/C26H43NO6S.Na/c1-2-3-4-5-6-7-8-9-10-11-15-25(33-26(28)27-18-13-20-34(29,30)31)23-16-17-24-22(21-23)14-12-19-32-24;/h16-17,21,25H,2-15,18-20H2,1H3,(H,27,28)(H,29,30,31);/q;+1/p-1. The van der Waals surface area contributed by atoms with E-state index in [1.165, 1.54) is 51.4 Å². The van der Waals surface area contributed by atoms with Crippen molar-refractivity contribution in [3.05, 3.63) is 29.3 Å². The molecule has 0 saturated heterocycles. The van der Waals surface area contributed by atoms with Crippen LogP contribution in [0.1, 0.15) is 108 Å².